The van der Waals surface area contributed by atoms with Crippen LogP contribution in [0.3, 0.4) is 0 Å². The fraction of sp³-hybridized carbons (Fsp3) is 0.172. The molecule has 0 saturated heterocycles. The summed E-state index contributed by atoms with van der Waals surface area (Å²) in [6, 6.07) is 21.6. The van der Waals surface area contributed by atoms with E-state index in [4.69, 9.17) is 9.84 Å². The van der Waals surface area contributed by atoms with E-state index >= 15 is 0 Å². The van der Waals surface area contributed by atoms with Gasteiger partial charge in [-0.3, -0.25) is 5.10 Å². The minimum absolute atomic E-state index is 0.369. The second kappa shape index (κ2) is 9.58. The number of allylic oxidation sites excluding steroid dienone is 1. The molecular weight excluding hydrogens is 443 g/mol. The maximum atomic E-state index is 14.5. The Kier molecular flexibility index (Phi) is 6.19. The van der Waals surface area contributed by atoms with E-state index in [0.29, 0.717) is 28.1 Å². The van der Waals surface area contributed by atoms with Gasteiger partial charge in [-0.05, 0) is 70.9 Å². The lowest BCUT2D eigenvalue weighted by Gasteiger charge is -2.32. The first-order valence-corrected chi connectivity index (χ1v) is 11.6. The second-order valence-corrected chi connectivity index (χ2v) is 8.68. The molecule has 1 aromatic heterocycles. The maximum Gasteiger partial charge on any atom is 0.328 e. The normalized spacial score (nSPS) is 14.7. The molecule has 5 nitrogen and oxygen atoms in total. The van der Waals surface area contributed by atoms with E-state index in [-0.39, 0.29) is 0 Å². The third kappa shape index (κ3) is 4.47. The van der Waals surface area contributed by atoms with E-state index in [9.17, 15) is 9.18 Å². The molecule has 1 aliphatic rings. The highest BCUT2D eigenvalue weighted by molar-refractivity contribution is 6.02. The van der Waals surface area contributed by atoms with Crippen LogP contribution in [0, 0.1) is 11.9 Å². The van der Waals surface area contributed by atoms with Crippen LogP contribution in [0.4, 0.5) is 4.39 Å². The molecule has 0 radical (unpaired) electrons. The molecule has 0 aliphatic heterocycles. The second-order valence-electron chi connectivity index (χ2n) is 8.68. The summed E-state index contributed by atoms with van der Waals surface area (Å²) in [7, 11) is 1.60. The van der Waals surface area contributed by atoms with Gasteiger partial charge < -0.3 is 9.84 Å². The highest BCUT2D eigenvalue weighted by Gasteiger charge is 2.28. The molecule has 4 aromatic rings. The zero-order valence-electron chi connectivity index (χ0n) is 19.3. The molecule has 1 saturated carbocycles. The first-order chi connectivity index (χ1) is 17.0. The van der Waals surface area contributed by atoms with E-state index in [0.717, 1.165) is 41.2 Å². The summed E-state index contributed by atoms with van der Waals surface area (Å²) in [5.41, 5.74) is 6.33. The molecule has 6 heteroatoms. The van der Waals surface area contributed by atoms with Crippen molar-refractivity contribution in [2.24, 2.45) is 5.92 Å². The summed E-state index contributed by atoms with van der Waals surface area (Å²) in [6.45, 7) is 0. The van der Waals surface area contributed by atoms with Crippen LogP contribution in [-0.4, -0.2) is 28.4 Å². The third-order valence-corrected chi connectivity index (χ3v) is 6.58. The monoisotopic (exact) mass is 468 g/mol. The number of aromatic amines is 1. The van der Waals surface area contributed by atoms with E-state index in [1.165, 1.54) is 18.1 Å². The molecule has 0 spiro atoms. The third-order valence-electron chi connectivity index (χ3n) is 6.58. The number of nitrogens with one attached hydrogen (secondary N) is 1. The van der Waals surface area contributed by atoms with Crippen LogP contribution >= 0.6 is 0 Å². The number of carboxylic acid groups (broad SMARTS) is 1. The van der Waals surface area contributed by atoms with Crippen molar-refractivity contribution < 1.29 is 19.0 Å². The Bertz CT molecular complexity index is 1450. The zero-order valence-corrected chi connectivity index (χ0v) is 19.3. The number of carbonyl (C=O) groups is 1. The van der Waals surface area contributed by atoms with E-state index in [1.54, 1.807) is 7.11 Å². The molecule has 0 bridgehead atoms. The van der Waals surface area contributed by atoms with Crippen LogP contribution in [0.1, 0.15) is 41.5 Å². The van der Waals surface area contributed by atoms with Crippen molar-refractivity contribution in [3.8, 4) is 5.75 Å². The van der Waals surface area contributed by atoms with Gasteiger partial charge in [-0.15, -0.1) is 0 Å². The number of hydrogen-bond donors (Lipinski definition) is 2. The number of rotatable bonds is 7. The number of aromatic nitrogens is 2. The molecule has 3 aromatic carbocycles. The fourth-order valence-corrected chi connectivity index (χ4v) is 4.67. The Morgan fingerprint density at radius 2 is 1.89 bits per heavy atom. The number of ether oxygens (including phenoxy) is 1. The van der Waals surface area contributed by atoms with Crippen molar-refractivity contribution in [1.29, 1.82) is 0 Å². The van der Waals surface area contributed by atoms with Crippen LogP contribution in [0.2, 0.25) is 0 Å². The SMILES string of the molecule is COc1cc(C=CC(=O)O)ccc1C(=C(c1ccccc1)C1CCC1)c1ccc2n[nH]c(F)c2c1. The Hall–Kier alpha value is -4.19. The smallest absolute Gasteiger partial charge is 0.328 e. The van der Waals surface area contributed by atoms with Crippen molar-refractivity contribution in [3.63, 3.8) is 0 Å². The number of carboxylic acids is 1. The lowest BCUT2D eigenvalue weighted by molar-refractivity contribution is -0.131. The zero-order chi connectivity index (χ0) is 24.4. The van der Waals surface area contributed by atoms with Crippen molar-refractivity contribution in [1.82, 2.24) is 10.2 Å². The molecular formula is C29H25FN2O3. The average molecular weight is 469 g/mol. The molecule has 1 aliphatic carbocycles. The van der Waals surface area contributed by atoms with Crippen molar-refractivity contribution in [2.45, 2.75) is 19.3 Å². The number of hydrogen-bond acceptors (Lipinski definition) is 3. The molecule has 0 unspecified atom stereocenters. The predicted octanol–water partition coefficient (Wildman–Crippen LogP) is 6.57. The number of aliphatic carboxylic acids is 1. The lowest BCUT2D eigenvalue weighted by Crippen LogP contribution is -2.15. The van der Waals surface area contributed by atoms with Crippen LogP contribution < -0.4 is 4.74 Å². The van der Waals surface area contributed by atoms with Crippen LogP contribution in [0.5, 0.6) is 5.75 Å². The summed E-state index contributed by atoms with van der Waals surface area (Å²) in [4.78, 5) is 11.0. The number of nitrogens with zero attached hydrogens (tertiary/aromatic N) is 1. The molecule has 35 heavy (non-hydrogen) atoms. The number of methoxy groups -OCH3 is 1. The number of benzene rings is 3. The van der Waals surface area contributed by atoms with Gasteiger partial charge in [-0.25, -0.2) is 4.79 Å². The molecule has 1 fully saturated rings. The Morgan fingerprint density at radius 3 is 2.57 bits per heavy atom. The van der Waals surface area contributed by atoms with Crippen LogP contribution in [0.15, 0.2) is 72.8 Å². The minimum atomic E-state index is -1.01. The van der Waals surface area contributed by atoms with Crippen LogP contribution in [-0.2, 0) is 4.79 Å². The first kappa shape index (κ1) is 22.6. The quantitative estimate of drug-likeness (QED) is 0.238. The van der Waals surface area contributed by atoms with Gasteiger partial charge >= 0.3 is 5.97 Å². The van der Waals surface area contributed by atoms with Gasteiger partial charge in [0, 0.05) is 11.6 Å². The number of fused-ring (bicyclic) bond motifs is 1. The lowest BCUT2D eigenvalue weighted by atomic mass is 9.73. The molecule has 176 valence electrons. The van der Waals surface area contributed by atoms with Gasteiger partial charge in [0.25, 0.3) is 0 Å². The number of H-pyrrole nitrogens is 1. The highest BCUT2D eigenvalue weighted by Crippen LogP contribution is 2.47. The largest absolute Gasteiger partial charge is 0.496 e. The van der Waals surface area contributed by atoms with Gasteiger partial charge in [0.15, 0.2) is 0 Å². The minimum Gasteiger partial charge on any atom is -0.496 e. The summed E-state index contributed by atoms with van der Waals surface area (Å²) in [6.07, 6.45) is 5.97. The van der Waals surface area contributed by atoms with Crippen molar-refractivity contribution >= 4 is 34.1 Å². The summed E-state index contributed by atoms with van der Waals surface area (Å²) in [5.74, 6) is -0.491. The van der Waals surface area contributed by atoms with Gasteiger partial charge in [-0.2, -0.15) is 9.49 Å². The first-order valence-electron chi connectivity index (χ1n) is 11.6. The molecule has 2 N–H and O–H groups in total. The van der Waals surface area contributed by atoms with E-state index in [1.807, 2.05) is 54.6 Å². The highest BCUT2D eigenvalue weighted by atomic mass is 19.1. The molecule has 1 heterocycles. The topological polar surface area (TPSA) is 75.2 Å². The standard InChI is InChI=1S/C29H25FN2O3/c1-35-25-16-18(11-15-26(33)34)10-13-22(25)28(21-12-14-24-23(17-21)29(30)32-31-24)27(20-8-5-9-20)19-6-3-2-4-7-19/h2-4,6-7,10-17,20H,5,8-9H2,1H3,(H,31,32)(H,33,34). The van der Waals surface area contributed by atoms with Crippen molar-refractivity contribution in [2.75, 3.05) is 7.11 Å². The Labute approximate surface area is 202 Å². The van der Waals surface area contributed by atoms with Gasteiger partial charge in [0.05, 0.1) is 18.0 Å². The van der Waals surface area contributed by atoms with Gasteiger partial charge in [-0.1, -0.05) is 55.0 Å². The average Bonchev–Trinajstić information content (AvgIpc) is 3.22. The van der Waals surface area contributed by atoms with Gasteiger partial charge in [0.1, 0.15) is 5.75 Å². The molecule has 0 amide bonds. The molecule has 0 atom stereocenters. The van der Waals surface area contributed by atoms with Crippen LogP contribution in [0.25, 0.3) is 28.1 Å². The number of halogens is 1. The van der Waals surface area contributed by atoms with E-state index < -0.39 is 11.9 Å². The van der Waals surface area contributed by atoms with Gasteiger partial charge in [0.2, 0.25) is 5.95 Å². The summed E-state index contributed by atoms with van der Waals surface area (Å²) < 4.78 is 20.3. The Balaban J connectivity index is 1.79. The predicted molar refractivity (Wildman–Crippen MR) is 135 cm³/mol. The summed E-state index contributed by atoms with van der Waals surface area (Å²) in [5, 5.41) is 15.9. The molecule has 5 rings (SSSR count). The fourth-order valence-electron chi connectivity index (χ4n) is 4.67. The van der Waals surface area contributed by atoms with E-state index in [2.05, 4.69) is 22.3 Å². The van der Waals surface area contributed by atoms with Crippen molar-refractivity contribution in [3.05, 3.63) is 101 Å². The Morgan fingerprint density at radius 1 is 1.09 bits per heavy atom. The summed E-state index contributed by atoms with van der Waals surface area (Å²) >= 11 is 0. The maximum absolute atomic E-state index is 14.5.